The van der Waals surface area contributed by atoms with Crippen LogP contribution in [-0.4, -0.2) is 28.5 Å². The third-order valence-corrected chi connectivity index (χ3v) is 5.95. The van der Waals surface area contributed by atoms with Crippen molar-refractivity contribution in [2.75, 3.05) is 7.05 Å². The van der Waals surface area contributed by atoms with Crippen LogP contribution >= 0.6 is 0 Å². The van der Waals surface area contributed by atoms with E-state index in [-0.39, 0.29) is 5.91 Å². The Morgan fingerprint density at radius 3 is 2.44 bits per heavy atom. The molecule has 0 aliphatic heterocycles. The first-order chi connectivity index (χ1) is 13.1. The first kappa shape index (κ1) is 17.8. The van der Waals surface area contributed by atoms with Crippen LogP contribution in [0.3, 0.4) is 0 Å². The number of nitrogens with two attached hydrogens (primary N) is 1. The van der Waals surface area contributed by atoms with E-state index in [1.165, 1.54) is 23.7 Å². The molecule has 140 valence electrons. The highest BCUT2D eigenvalue weighted by molar-refractivity contribution is 5.95. The molecule has 27 heavy (non-hydrogen) atoms. The molecule has 0 unspecified atom stereocenters. The highest BCUT2D eigenvalue weighted by Crippen LogP contribution is 2.28. The van der Waals surface area contributed by atoms with Gasteiger partial charge < -0.3 is 15.2 Å². The maximum absolute atomic E-state index is 12.7. The molecule has 1 aromatic heterocycles. The van der Waals surface area contributed by atoms with Gasteiger partial charge in [-0.15, -0.1) is 0 Å². The second-order valence-electron chi connectivity index (χ2n) is 7.63. The summed E-state index contributed by atoms with van der Waals surface area (Å²) in [6.45, 7) is 0.529. The summed E-state index contributed by atoms with van der Waals surface area (Å²) in [6.07, 6.45) is 6.80. The number of aromatic nitrogens is 1. The number of amides is 1. The van der Waals surface area contributed by atoms with E-state index >= 15 is 0 Å². The first-order valence-electron chi connectivity index (χ1n) is 9.74. The van der Waals surface area contributed by atoms with Gasteiger partial charge >= 0.3 is 0 Å². The average molecular weight is 361 g/mol. The predicted molar refractivity (Wildman–Crippen MR) is 111 cm³/mol. The molecule has 1 saturated carbocycles. The Morgan fingerprint density at radius 2 is 1.78 bits per heavy atom. The lowest BCUT2D eigenvalue weighted by atomic mass is 10.0. The van der Waals surface area contributed by atoms with Crippen LogP contribution in [0.2, 0.25) is 0 Å². The standard InChI is InChI=1S/C23H27N3O/c1-25-15-19(14-24)21-13-18(11-12-22(21)25)16-7-9-17(10-8-16)23(27)26(2)20-5-3-4-6-20/h7-13,15,20H,3-6,14,24H2,1-2H3. The van der Waals surface area contributed by atoms with E-state index in [0.717, 1.165) is 35.1 Å². The summed E-state index contributed by atoms with van der Waals surface area (Å²) in [7, 11) is 3.98. The van der Waals surface area contributed by atoms with Crippen molar-refractivity contribution in [3.05, 3.63) is 59.8 Å². The summed E-state index contributed by atoms with van der Waals surface area (Å²) in [5, 5.41) is 1.19. The predicted octanol–water partition coefficient (Wildman–Crippen LogP) is 4.32. The molecule has 3 aromatic rings. The van der Waals surface area contributed by atoms with Crippen LogP contribution in [0.5, 0.6) is 0 Å². The number of hydrogen-bond acceptors (Lipinski definition) is 2. The fourth-order valence-electron chi connectivity index (χ4n) is 4.28. The first-order valence-corrected chi connectivity index (χ1v) is 9.74. The molecule has 4 nitrogen and oxygen atoms in total. The van der Waals surface area contributed by atoms with Crippen LogP contribution in [0.25, 0.3) is 22.0 Å². The fraction of sp³-hybridized carbons (Fsp3) is 0.348. The van der Waals surface area contributed by atoms with Gasteiger partial charge in [0.1, 0.15) is 0 Å². The van der Waals surface area contributed by atoms with Crippen molar-refractivity contribution < 1.29 is 4.79 Å². The summed E-state index contributed by atoms with van der Waals surface area (Å²) in [6, 6.07) is 14.8. The number of rotatable bonds is 4. The van der Waals surface area contributed by atoms with Crippen LogP contribution in [0.1, 0.15) is 41.6 Å². The Hall–Kier alpha value is -2.59. The van der Waals surface area contributed by atoms with E-state index in [4.69, 9.17) is 5.73 Å². The minimum atomic E-state index is 0.123. The SMILES string of the molecule is CN(C(=O)c1ccc(-c2ccc3c(c2)c(CN)cn3C)cc1)C1CCCC1. The topological polar surface area (TPSA) is 51.3 Å². The molecule has 1 amide bonds. The second-order valence-corrected chi connectivity index (χ2v) is 7.63. The maximum atomic E-state index is 12.7. The Balaban J connectivity index is 1.60. The van der Waals surface area contributed by atoms with Gasteiger partial charge in [0, 0.05) is 49.3 Å². The minimum absolute atomic E-state index is 0.123. The van der Waals surface area contributed by atoms with Gasteiger partial charge in [-0.05, 0) is 53.8 Å². The number of fused-ring (bicyclic) bond motifs is 1. The largest absolute Gasteiger partial charge is 0.350 e. The molecule has 0 radical (unpaired) electrons. The smallest absolute Gasteiger partial charge is 0.253 e. The third-order valence-electron chi connectivity index (χ3n) is 5.95. The zero-order chi connectivity index (χ0) is 19.0. The van der Waals surface area contributed by atoms with Crippen molar-refractivity contribution in [2.24, 2.45) is 12.8 Å². The number of carbonyl (C=O) groups is 1. The zero-order valence-corrected chi connectivity index (χ0v) is 16.1. The van der Waals surface area contributed by atoms with E-state index in [1.807, 2.05) is 43.3 Å². The molecular formula is C23H27N3O. The molecule has 0 bridgehead atoms. The molecule has 4 rings (SSSR count). The van der Waals surface area contributed by atoms with Gasteiger partial charge in [0.25, 0.3) is 5.91 Å². The maximum Gasteiger partial charge on any atom is 0.253 e. The van der Waals surface area contributed by atoms with Crippen molar-refractivity contribution in [3.8, 4) is 11.1 Å². The van der Waals surface area contributed by atoms with Gasteiger partial charge in [-0.1, -0.05) is 31.0 Å². The Morgan fingerprint density at radius 1 is 1.11 bits per heavy atom. The molecular weight excluding hydrogens is 334 g/mol. The van der Waals surface area contributed by atoms with Gasteiger partial charge in [-0.3, -0.25) is 4.79 Å². The number of carbonyl (C=O) groups excluding carboxylic acids is 1. The quantitative estimate of drug-likeness (QED) is 0.752. The summed E-state index contributed by atoms with van der Waals surface area (Å²) < 4.78 is 2.11. The lowest BCUT2D eigenvalue weighted by Gasteiger charge is -2.24. The average Bonchev–Trinajstić information content (AvgIpc) is 3.35. The molecule has 0 saturated heterocycles. The molecule has 1 aliphatic carbocycles. The van der Waals surface area contributed by atoms with Gasteiger partial charge in [-0.25, -0.2) is 0 Å². The van der Waals surface area contributed by atoms with E-state index in [2.05, 4.69) is 29.0 Å². The van der Waals surface area contributed by atoms with Gasteiger partial charge in [0.2, 0.25) is 0 Å². The van der Waals surface area contributed by atoms with E-state index in [0.29, 0.717) is 12.6 Å². The van der Waals surface area contributed by atoms with Crippen molar-refractivity contribution in [1.29, 1.82) is 0 Å². The van der Waals surface area contributed by atoms with Crippen molar-refractivity contribution in [3.63, 3.8) is 0 Å². The summed E-state index contributed by atoms with van der Waals surface area (Å²) >= 11 is 0. The van der Waals surface area contributed by atoms with Crippen molar-refractivity contribution in [1.82, 2.24) is 9.47 Å². The molecule has 1 aliphatic rings. The molecule has 1 fully saturated rings. The van der Waals surface area contributed by atoms with Gasteiger partial charge in [0.05, 0.1) is 0 Å². The van der Waals surface area contributed by atoms with E-state index in [9.17, 15) is 4.79 Å². The minimum Gasteiger partial charge on any atom is -0.350 e. The number of hydrogen-bond donors (Lipinski definition) is 1. The zero-order valence-electron chi connectivity index (χ0n) is 16.1. The molecule has 4 heteroatoms. The molecule has 0 spiro atoms. The fourth-order valence-corrected chi connectivity index (χ4v) is 4.28. The highest BCUT2D eigenvalue weighted by Gasteiger charge is 2.24. The van der Waals surface area contributed by atoms with E-state index < -0.39 is 0 Å². The van der Waals surface area contributed by atoms with Crippen LogP contribution in [0.15, 0.2) is 48.7 Å². The summed E-state index contributed by atoms with van der Waals surface area (Å²) in [5.74, 6) is 0.123. The molecule has 2 N–H and O–H groups in total. The lowest BCUT2D eigenvalue weighted by Crippen LogP contribution is -2.35. The Labute approximate surface area is 160 Å². The molecule has 0 atom stereocenters. The monoisotopic (exact) mass is 361 g/mol. The van der Waals surface area contributed by atoms with Crippen LogP contribution in [-0.2, 0) is 13.6 Å². The number of nitrogens with zero attached hydrogens (tertiary/aromatic N) is 2. The second kappa shape index (κ2) is 7.20. The molecule has 2 aromatic carbocycles. The van der Waals surface area contributed by atoms with Gasteiger partial charge in [-0.2, -0.15) is 0 Å². The van der Waals surface area contributed by atoms with Gasteiger partial charge in [0.15, 0.2) is 0 Å². The highest BCUT2D eigenvalue weighted by atomic mass is 16.2. The van der Waals surface area contributed by atoms with Crippen LogP contribution < -0.4 is 5.73 Å². The van der Waals surface area contributed by atoms with Crippen molar-refractivity contribution >= 4 is 16.8 Å². The lowest BCUT2D eigenvalue weighted by molar-refractivity contribution is 0.0735. The van der Waals surface area contributed by atoms with Crippen LogP contribution in [0.4, 0.5) is 0 Å². The number of benzene rings is 2. The molecule has 1 heterocycles. The third kappa shape index (κ3) is 3.26. The van der Waals surface area contributed by atoms with Crippen molar-refractivity contribution in [2.45, 2.75) is 38.3 Å². The van der Waals surface area contributed by atoms with E-state index in [1.54, 1.807) is 0 Å². The normalized spacial score (nSPS) is 14.8. The summed E-state index contributed by atoms with van der Waals surface area (Å²) in [5.41, 5.74) is 11.3. The Kier molecular flexibility index (Phi) is 4.75. The Bertz CT molecular complexity index is 965. The summed E-state index contributed by atoms with van der Waals surface area (Å²) in [4.78, 5) is 14.7. The van der Waals surface area contributed by atoms with Crippen LogP contribution in [0, 0.1) is 0 Å². The number of aryl methyl sites for hydroxylation is 1.